The Labute approximate surface area is 104 Å². The number of aromatic nitrogens is 3. The summed E-state index contributed by atoms with van der Waals surface area (Å²) in [4.78, 5) is 16.2. The molecule has 0 saturated heterocycles. The maximum absolute atomic E-state index is 12.2. The first-order chi connectivity index (χ1) is 8.75. The molecule has 1 heterocycles. The van der Waals surface area contributed by atoms with Gasteiger partial charge in [-0.25, -0.2) is 9.67 Å². The molecular weight excluding hydrogens is 226 g/mol. The monoisotopic (exact) mass is 237 g/mol. The van der Waals surface area contributed by atoms with Gasteiger partial charge in [0.1, 0.15) is 6.33 Å². The smallest absolute Gasteiger partial charge is 0.229 e. The third-order valence-electron chi connectivity index (χ3n) is 2.93. The van der Waals surface area contributed by atoms with Crippen LogP contribution in [-0.2, 0) is 7.05 Å². The first-order valence-corrected chi connectivity index (χ1v) is 5.63. The number of carbonyl (C=O) groups excluding carboxylic acids is 1. The Bertz CT molecular complexity index is 730. The molecule has 4 nitrogen and oxygen atoms in total. The van der Waals surface area contributed by atoms with E-state index in [9.17, 15) is 4.79 Å². The lowest BCUT2D eigenvalue weighted by Crippen LogP contribution is -2.09. The minimum atomic E-state index is -0.110. The second-order valence-electron chi connectivity index (χ2n) is 4.10. The summed E-state index contributed by atoms with van der Waals surface area (Å²) in [5.41, 5.74) is 0.629. The number of rotatable bonds is 2. The molecule has 0 amide bonds. The lowest BCUT2D eigenvalue weighted by atomic mass is 10.0. The summed E-state index contributed by atoms with van der Waals surface area (Å²) in [6.45, 7) is 0. The van der Waals surface area contributed by atoms with Crippen LogP contribution in [-0.4, -0.2) is 20.5 Å². The Hall–Kier alpha value is -2.49. The molecule has 0 spiro atoms. The van der Waals surface area contributed by atoms with Crippen molar-refractivity contribution in [3.05, 3.63) is 60.2 Å². The minimum Gasteiger partial charge on any atom is -0.285 e. The van der Waals surface area contributed by atoms with Crippen LogP contribution >= 0.6 is 0 Å². The van der Waals surface area contributed by atoms with E-state index < -0.39 is 0 Å². The van der Waals surface area contributed by atoms with Crippen molar-refractivity contribution in [2.75, 3.05) is 0 Å². The highest BCUT2D eigenvalue weighted by Crippen LogP contribution is 2.17. The molecule has 0 saturated carbocycles. The van der Waals surface area contributed by atoms with Crippen molar-refractivity contribution in [2.45, 2.75) is 0 Å². The number of hydrogen-bond donors (Lipinski definition) is 0. The van der Waals surface area contributed by atoms with E-state index in [1.165, 1.54) is 11.0 Å². The molecule has 3 aromatic rings. The Morgan fingerprint density at radius 2 is 1.89 bits per heavy atom. The van der Waals surface area contributed by atoms with E-state index in [-0.39, 0.29) is 5.78 Å². The summed E-state index contributed by atoms with van der Waals surface area (Å²) in [5.74, 6) is 0.242. The normalized spacial score (nSPS) is 10.7. The van der Waals surface area contributed by atoms with E-state index in [1.54, 1.807) is 7.05 Å². The number of benzene rings is 2. The second-order valence-corrected chi connectivity index (χ2v) is 4.10. The Balaban J connectivity index is 2.10. The molecule has 1 aromatic heterocycles. The van der Waals surface area contributed by atoms with E-state index in [0.29, 0.717) is 11.4 Å². The van der Waals surface area contributed by atoms with Crippen molar-refractivity contribution in [3.63, 3.8) is 0 Å². The predicted molar refractivity (Wildman–Crippen MR) is 68.4 cm³/mol. The molecule has 0 fully saturated rings. The van der Waals surface area contributed by atoms with Gasteiger partial charge in [0.2, 0.25) is 5.78 Å². The highest BCUT2D eigenvalue weighted by molar-refractivity contribution is 6.08. The standard InChI is InChI=1S/C14H11N3O/c1-17-14(15-9-16-17)13(18)12-7-6-10-4-2-3-5-11(10)8-12/h2-9H,1H3. The van der Waals surface area contributed by atoms with Crippen LogP contribution in [0, 0.1) is 0 Å². The van der Waals surface area contributed by atoms with Gasteiger partial charge in [0.15, 0.2) is 5.82 Å². The van der Waals surface area contributed by atoms with Gasteiger partial charge in [0.25, 0.3) is 0 Å². The van der Waals surface area contributed by atoms with Gasteiger partial charge in [-0.1, -0.05) is 36.4 Å². The molecule has 88 valence electrons. The number of ketones is 1. The maximum Gasteiger partial charge on any atom is 0.229 e. The second kappa shape index (κ2) is 4.07. The summed E-state index contributed by atoms with van der Waals surface area (Å²) in [6, 6.07) is 13.6. The van der Waals surface area contributed by atoms with Crippen molar-refractivity contribution >= 4 is 16.6 Å². The van der Waals surface area contributed by atoms with E-state index in [2.05, 4.69) is 10.1 Å². The van der Waals surface area contributed by atoms with Gasteiger partial charge in [-0.05, 0) is 16.8 Å². The molecule has 0 bridgehead atoms. The molecule has 18 heavy (non-hydrogen) atoms. The molecule has 0 atom stereocenters. The van der Waals surface area contributed by atoms with Crippen molar-refractivity contribution in [1.82, 2.24) is 14.8 Å². The van der Waals surface area contributed by atoms with E-state index in [0.717, 1.165) is 10.8 Å². The van der Waals surface area contributed by atoms with Gasteiger partial charge in [0.05, 0.1) is 0 Å². The first-order valence-electron chi connectivity index (χ1n) is 5.63. The fourth-order valence-corrected chi connectivity index (χ4v) is 1.96. The van der Waals surface area contributed by atoms with Crippen LogP contribution in [0.5, 0.6) is 0 Å². The quantitative estimate of drug-likeness (QED) is 0.642. The van der Waals surface area contributed by atoms with Crippen molar-refractivity contribution in [3.8, 4) is 0 Å². The zero-order valence-corrected chi connectivity index (χ0v) is 9.87. The molecular formula is C14H11N3O. The zero-order valence-electron chi connectivity index (χ0n) is 9.87. The SMILES string of the molecule is Cn1ncnc1C(=O)c1ccc2ccccc2c1. The van der Waals surface area contributed by atoms with Crippen LogP contribution in [0.25, 0.3) is 10.8 Å². The molecule has 3 rings (SSSR count). The van der Waals surface area contributed by atoms with E-state index in [1.807, 2.05) is 42.5 Å². The fraction of sp³-hybridized carbons (Fsp3) is 0.0714. The fourth-order valence-electron chi connectivity index (χ4n) is 1.96. The number of aryl methyl sites for hydroxylation is 1. The van der Waals surface area contributed by atoms with Crippen molar-refractivity contribution in [2.24, 2.45) is 7.05 Å². The Morgan fingerprint density at radius 3 is 2.61 bits per heavy atom. The summed E-state index contributed by atoms with van der Waals surface area (Å²) in [5, 5.41) is 6.07. The van der Waals surface area contributed by atoms with Gasteiger partial charge in [0, 0.05) is 12.6 Å². The zero-order chi connectivity index (χ0) is 12.5. The average molecular weight is 237 g/mol. The van der Waals surface area contributed by atoms with Crippen LogP contribution < -0.4 is 0 Å². The third-order valence-corrected chi connectivity index (χ3v) is 2.93. The van der Waals surface area contributed by atoms with Crippen LogP contribution in [0.3, 0.4) is 0 Å². The lowest BCUT2D eigenvalue weighted by molar-refractivity contribution is 0.102. The van der Waals surface area contributed by atoms with Crippen LogP contribution in [0.2, 0.25) is 0 Å². The average Bonchev–Trinajstić information content (AvgIpc) is 2.83. The maximum atomic E-state index is 12.2. The highest BCUT2D eigenvalue weighted by Gasteiger charge is 2.14. The van der Waals surface area contributed by atoms with E-state index in [4.69, 9.17) is 0 Å². The van der Waals surface area contributed by atoms with Crippen LogP contribution in [0.4, 0.5) is 0 Å². The summed E-state index contributed by atoms with van der Waals surface area (Å²) < 4.78 is 1.48. The summed E-state index contributed by atoms with van der Waals surface area (Å²) in [6.07, 6.45) is 1.38. The molecule has 2 aromatic carbocycles. The molecule has 4 heteroatoms. The largest absolute Gasteiger partial charge is 0.285 e. The lowest BCUT2D eigenvalue weighted by Gasteiger charge is -2.02. The number of carbonyl (C=O) groups is 1. The summed E-state index contributed by atoms with van der Waals surface area (Å²) in [7, 11) is 1.71. The molecule has 0 aliphatic carbocycles. The minimum absolute atomic E-state index is 0.110. The highest BCUT2D eigenvalue weighted by atomic mass is 16.1. The van der Waals surface area contributed by atoms with Gasteiger partial charge in [-0.3, -0.25) is 4.79 Å². The van der Waals surface area contributed by atoms with Crippen molar-refractivity contribution < 1.29 is 4.79 Å². The molecule has 0 unspecified atom stereocenters. The van der Waals surface area contributed by atoms with E-state index >= 15 is 0 Å². The Kier molecular flexibility index (Phi) is 2.41. The topological polar surface area (TPSA) is 47.8 Å². The van der Waals surface area contributed by atoms with Crippen molar-refractivity contribution in [1.29, 1.82) is 0 Å². The van der Waals surface area contributed by atoms with Gasteiger partial charge in [-0.15, -0.1) is 0 Å². The molecule has 0 aliphatic rings. The van der Waals surface area contributed by atoms with Gasteiger partial charge in [-0.2, -0.15) is 5.10 Å². The molecule has 0 radical (unpaired) electrons. The Morgan fingerprint density at radius 1 is 1.11 bits per heavy atom. The van der Waals surface area contributed by atoms with Crippen LogP contribution in [0.1, 0.15) is 16.2 Å². The van der Waals surface area contributed by atoms with Gasteiger partial charge >= 0.3 is 0 Å². The molecule has 0 aliphatic heterocycles. The first kappa shape index (κ1) is 10.7. The number of nitrogens with zero attached hydrogens (tertiary/aromatic N) is 3. The van der Waals surface area contributed by atoms with Crippen LogP contribution in [0.15, 0.2) is 48.8 Å². The third kappa shape index (κ3) is 1.68. The van der Waals surface area contributed by atoms with Gasteiger partial charge < -0.3 is 0 Å². The molecule has 0 N–H and O–H groups in total. The number of hydrogen-bond acceptors (Lipinski definition) is 3. The number of fused-ring (bicyclic) bond motifs is 1. The predicted octanol–water partition coefficient (Wildman–Crippen LogP) is 2.20. The summed E-state index contributed by atoms with van der Waals surface area (Å²) >= 11 is 0.